The SMILES string of the molecule is CC/C=C\C/C=C\C/C=C\C/C=C\C/C=C\C/C=C\CCC(=O)OC(CO)COCCCCCCCCCCCCCCCC/C=C\C/C=C\CCCCCCC. The van der Waals surface area contributed by atoms with Gasteiger partial charge >= 0.3 is 5.97 Å². The largest absolute Gasteiger partial charge is 0.457 e. The van der Waals surface area contributed by atoms with Gasteiger partial charge in [0, 0.05) is 13.0 Å². The van der Waals surface area contributed by atoms with Crippen molar-refractivity contribution in [3.63, 3.8) is 0 Å². The Balaban J connectivity index is 3.52. The van der Waals surface area contributed by atoms with Crippen molar-refractivity contribution < 1.29 is 19.4 Å². The molecule has 0 bridgehead atoms. The van der Waals surface area contributed by atoms with Gasteiger partial charge in [-0.25, -0.2) is 0 Å². The molecule has 0 saturated carbocycles. The Kier molecular flexibility index (Phi) is 47.1. The molecule has 0 aliphatic heterocycles. The van der Waals surface area contributed by atoms with Gasteiger partial charge in [-0.05, 0) is 83.5 Å². The number of aliphatic hydroxyl groups is 1. The topological polar surface area (TPSA) is 55.8 Å². The van der Waals surface area contributed by atoms with E-state index in [1.54, 1.807) is 0 Å². The Morgan fingerprint density at radius 2 is 0.789 bits per heavy atom. The molecule has 0 aliphatic carbocycles. The van der Waals surface area contributed by atoms with Crippen molar-refractivity contribution in [2.75, 3.05) is 19.8 Å². The first-order chi connectivity index (χ1) is 28.2. The van der Waals surface area contributed by atoms with Gasteiger partial charge in [0.15, 0.2) is 0 Å². The molecule has 1 N–H and O–H groups in total. The first-order valence-corrected chi connectivity index (χ1v) is 23.8. The summed E-state index contributed by atoms with van der Waals surface area (Å²) in [6.45, 7) is 5.14. The standard InChI is InChI=1S/C53H90O4/c1-3-5-7-9-11-13-15-17-19-21-23-24-25-26-27-28-29-31-33-35-37-39-41-43-45-47-49-56-51-52(50-54)57-53(55)48-46-44-42-40-38-36-34-32-30-22-20-18-16-14-12-10-8-6-4-2/h6,8,12,14-15,17-18,20-21,23,30,32,36,38,42,44,52,54H,3-5,7,9-11,13,16,19,22,24-29,31,33-35,37,39-41,43,45-51H2,1-2H3/b8-6-,14-12-,17-15-,20-18-,23-21-,32-30-,38-36-,44-42-. The van der Waals surface area contributed by atoms with E-state index in [9.17, 15) is 9.90 Å². The molecule has 0 aromatic heterocycles. The van der Waals surface area contributed by atoms with E-state index >= 15 is 0 Å². The highest BCUT2D eigenvalue weighted by atomic mass is 16.6. The molecular formula is C53H90O4. The minimum absolute atomic E-state index is 0.207. The predicted octanol–water partition coefficient (Wildman–Crippen LogP) is 16.1. The lowest BCUT2D eigenvalue weighted by molar-refractivity contribution is -0.154. The summed E-state index contributed by atoms with van der Waals surface area (Å²) in [5, 5.41) is 9.62. The van der Waals surface area contributed by atoms with Crippen LogP contribution in [0, 0.1) is 0 Å². The Hall–Kier alpha value is -2.69. The molecule has 4 heteroatoms. The number of ether oxygens (including phenoxy) is 2. The Labute approximate surface area is 353 Å². The Morgan fingerprint density at radius 3 is 1.19 bits per heavy atom. The number of hydrogen-bond acceptors (Lipinski definition) is 4. The van der Waals surface area contributed by atoms with Crippen molar-refractivity contribution in [2.45, 2.75) is 213 Å². The van der Waals surface area contributed by atoms with Crippen molar-refractivity contribution in [1.29, 1.82) is 0 Å². The van der Waals surface area contributed by atoms with Crippen molar-refractivity contribution in [1.82, 2.24) is 0 Å². The lowest BCUT2D eigenvalue weighted by atomic mass is 10.0. The van der Waals surface area contributed by atoms with Crippen molar-refractivity contribution >= 4 is 5.97 Å². The monoisotopic (exact) mass is 791 g/mol. The number of esters is 1. The number of allylic oxidation sites excluding steroid dienone is 16. The van der Waals surface area contributed by atoms with Gasteiger partial charge in [0.2, 0.25) is 0 Å². The molecule has 0 heterocycles. The minimum Gasteiger partial charge on any atom is -0.457 e. The molecule has 0 saturated heterocycles. The van der Waals surface area contributed by atoms with Gasteiger partial charge in [-0.15, -0.1) is 0 Å². The average molecular weight is 791 g/mol. The molecule has 0 rings (SSSR count). The van der Waals surface area contributed by atoms with Gasteiger partial charge in [-0.1, -0.05) is 214 Å². The second kappa shape index (κ2) is 49.5. The quantitative estimate of drug-likeness (QED) is 0.0380. The van der Waals surface area contributed by atoms with E-state index in [0.717, 1.165) is 51.4 Å². The van der Waals surface area contributed by atoms with Gasteiger partial charge < -0.3 is 14.6 Å². The van der Waals surface area contributed by atoms with Crippen LogP contribution in [0.15, 0.2) is 97.2 Å². The van der Waals surface area contributed by atoms with Gasteiger partial charge in [-0.3, -0.25) is 4.79 Å². The summed E-state index contributed by atoms with van der Waals surface area (Å²) >= 11 is 0. The first kappa shape index (κ1) is 54.3. The second-order valence-corrected chi connectivity index (χ2v) is 15.4. The summed E-state index contributed by atoms with van der Waals surface area (Å²) in [6, 6.07) is 0. The smallest absolute Gasteiger partial charge is 0.306 e. The molecule has 1 unspecified atom stereocenters. The highest BCUT2D eigenvalue weighted by molar-refractivity contribution is 5.69. The van der Waals surface area contributed by atoms with Crippen LogP contribution in [0.25, 0.3) is 0 Å². The Morgan fingerprint density at radius 1 is 0.439 bits per heavy atom. The second-order valence-electron chi connectivity index (χ2n) is 15.4. The van der Waals surface area contributed by atoms with E-state index < -0.39 is 6.10 Å². The van der Waals surface area contributed by atoms with Crippen molar-refractivity contribution in [3.8, 4) is 0 Å². The van der Waals surface area contributed by atoms with Gasteiger partial charge in [0.1, 0.15) is 6.10 Å². The lowest BCUT2D eigenvalue weighted by Gasteiger charge is -2.15. The molecule has 0 aromatic carbocycles. The third-order valence-electron chi connectivity index (χ3n) is 9.91. The van der Waals surface area contributed by atoms with Gasteiger partial charge in [0.05, 0.1) is 13.2 Å². The van der Waals surface area contributed by atoms with E-state index in [0.29, 0.717) is 19.4 Å². The third kappa shape index (κ3) is 47.6. The number of hydrogen-bond donors (Lipinski definition) is 1. The average Bonchev–Trinajstić information content (AvgIpc) is 3.22. The predicted molar refractivity (Wildman–Crippen MR) is 251 cm³/mol. The summed E-state index contributed by atoms with van der Waals surface area (Å²) in [5.74, 6) is -0.284. The van der Waals surface area contributed by atoms with E-state index in [2.05, 4.69) is 105 Å². The van der Waals surface area contributed by atoms with Crippen LogP contribution in [0.3, 0.4) is 0 Å². The number of carbonyl (C=O) groups excluding carboxylic acids is 1. The van der Waals surface area contributed by atoms with Crippen LogP contribution in [0.2, 0.25) is 0 Å². The molecular weight excluding hydrogens is 701 g/mol. The molecule has 57 heavy (non-hydrogen) atoms. The van der Waals surface area contributed by atoms with Gasteiger partial charge in [-0.2, -0.15) is 0 Å². The van der Waals surface area contributed by atoms with E-state index in [1.165, 1.54) is 128 Å². The fourth-order valence-electron chi connectivity index (χ4n) is 6.38. The maximum absolute atomic E-state index is 12.2. The van der Waals surface area contributed by atoms with Crippen molar-refractivity contribution in [3.05, 3.63) is 97.2 Å². The van der Waals surface area contributed by atoms with Crippen LogP contribution in [0.5, 0.6) is 0 Å². The van der Waals surface area contributed by atoms with E-state index in [4.69, 9.17) is 9.47 Å². The zero-order valence-electron chi connectivity index (χ0n) is 37.3. The van der Waals surface area contributed by atoms with Crippen LogP contribution in [0.1, 0.15) is 206 Å². The molecule has 0 amide bonds. The Bertz CT molecular complexity index is 1060. The van der Waals surface area contributed by atoms with E-state index in [1.807, 2.05) is 6.08 Å². The maximum Gasteiger partial charge on any atom is 0.306 e. The van der Waals surface area contributed by atoms with Crippen LogP contribution in [0.4, 0.5) is 0 Å². The summed E-state index contributed by atoms with van der Waals surface area (Å²) in [7, 11) is 0. The van der Waals surface area contributed by atoms with Crippen LogP contribution < -0.4 is 0 Å². The summed E-state index contributed by atoms with van der Waals surface area (Å²) < 4.78 is 11.1. The lowest BCUT2D eigenvalue weighted by Crippen LogP contribution is -2.27. The number of rotatable bonds is 43. The molecule has 0 aliphatic rings. The van der Waals surface area contributed by atoms with E-state index in [-0.39, 0.29) is 19.2 Å². The zero-order chi connectivity index (χ0) is 41.2. The van der Waals surface area contributed by atoms with Crippen LogP contribution >= 0.6 is 0 Å². The fourth-order valence-corrected chi connectivity index (χ4v) is 6.38. The molecule has 0 fully saturated rings. The van der Waals surface area contributed by atoms with Crippen LogP contribution in [-0.4, -0.2) is 37.0 Å². The highest BCUT2D eigenvalue weighted by Crippen LogP contribution is 2.14. The normalized spacial score (nSPS) is 13.2. The molecule has 326 valence electrons. The highest BCUT2D eigenvalue weighted by Gasteiger charge is 2.13. The molecule has 4 nitrogen and oxygen atoms in total. The number of unbranched alkanes of at least 4 members (excludes halogenated alkanes) is 19. The van der Waals surface area contributed by atoms with Crippen LogP contribution in [-0.2, 0) is 14.3 Å². The molecule has 1 atom stereocenters. The van der Waals surface area contributed by atoms with Gasteiger partial charge in [0.25, 0.3) is 0 Å². The maximum atomic E-state index is 12.2. The molecule has 0 spiro atoms. The fraction of sp³-hybridized carbons (Fsp3) is 0.679. The number of aliphatic hydroxyl groups excluding tert-OH is 1. The van der Waals surface area contributed by atoms with Crippen molar-refractivity contribution in [2.24, 2.45) is 0 Å². The summed E-state index contributed by atoms with van der Waals surface area (Å²) in [5.41, 5.74) is 0. The first-order valence-electron chi connectivity index (χ1n) is 23.8. The third-order valence-corrected chi connectivity index (χ3v) is 9.91. The molecule has 0 aromatic rings. The summed E-state index contributed by atoms with van der Waals surface area (Å²) in [4.78, 5) is 12.2. The molecule has 0 radical (unpaired) electrons. The minimum atomic E-state index is -0.581. The summed E-state index contributed by atoms with van der Waals surface area (Å²) in [6.07, 6.45) is 70.7. The number of carbonyl (C=O) groups is 1. The zero-order valence-corrected chi connectivity index (χ0v) is 37.3.